The molecule has 0 atom stereocenters. The van der Waals surface area contributed by atoms with Crippen LogP contribution in [0.1, 0.15) is 35.7 Å². The van der Waals surface area contributed by atoms with Crippen molar-refractivity contribution in [1.82, 2.24) is 19.5 Å². The van der Waals surface area contributed by atoms with Crippen LogP contribution in [0, 0.1) is 0 Å². The van der Waals surface area contributed by atoms with E-state index >= 15 is 0 Å². The third-order valence-electron chi connectivity index (χ3n) is 3.86. The maximum Gasteiger partial charge on any atom is 0.244 e. The van der Waals surface area contributed by atoms with Gasteiger partial charge in [-0.05, 0) is 31.4 Å². The number of piperidine rings is 1. The minimum absolute atomic E-state index is 0.262. The fraction of sp³-hybridized carbons (Fsp3) is 0.500. The van der Waals surface area contributed by atoms with E-state index in [1.165, 1.54) is 6.20 Å². The summed E-state index contributed by atoms with van der Waals surface area (Å²) in [5.74, 6) is 0.318. The predicted octanol–water partition coefficient (Wildman–Crippen LogP) is 2.06. The highest BCUT2D eigenvalue weighted by molar-refractivity contribution is 7.89. The Bertz CT molecular complexity index is 722. The summed E-state index contributed by atoms with van der Waals surface area (Å²) in [5, 5.41) is 10.5. The maximum atomic E-state index is 12.5. The van der Waals surface area contributed by atoms with Crippen molar-refractivity contribution in [2.45, 2.75) is 37.0 Å². The van der Waals surface area contributed by atoms with Crippen LogP contribution in [0.2, 0.25) is 0 Å². The number of hydrogen-bond acceptors (Lipinski definition) is 6. The highest BCUT2D eigenvalue weighted by atomic mass is 32.2. The molecule has 3 rings (SSSR count). The van der Waals surface area contributed by atoms with Crippen LogP contribution in [0.15, 0.2) is 29.4 Å². The minimum atomic E-state index is -3.43. The number of aryl methyl sites for hydroxylation is 1. The van der Waals surface area contributed by atoms with Gasteiger partial charge in [-0.1, -0.05) is 6.92 Å². The van der Waals surface area contributed by atoms with E-state index in [-0.39, 0.29) is 4.90 Å². The van der Waals surface area contributed by atoms with Crippen molar-refractivity contribution in [2.24, 2.45) is 0 Å². The molecule has 0 bridgehead atoms. The first-order valence-corrected chi connectivity index (χ1v) is 9.59. The summed E-state index contributed by atoms with van der Waals surface area (Å²) in [4.78, 5) is 4.16. The average molecular weight is 338 g/mol. The maximum absolute atomic E-state index is 12.5. The largest absolute Gasteiger partial charge is 0.263 e. The van der Waals surface area contributed by atoms with E-state index in [0.717, 1.165) is 29.3 Å². The van der Waals surface area contributed by atoms with Gasteiger partial charge in [0.25, 0.3) is 0 Å². The van der Waals surface area contributed by atoms with E-state index in [2.05, 4.69) is 22.1 Å². The number of sulfonamides is 1. The molecule has 0 unspecified atom stereocenters. The third kappa shape index (κ3) is 3.04. The topological polar surface area (TPSA) is 76.1 Å². The molecule has 0 radical (unpaired) electrons. The molecular formula is C14H18N4O2S2. The summed E-state index contributed by atoms with van der Waals surface area (Å²) in [6, 6.07) is 3.24. The molecule has 0 amide bonds. The molecule has 0 saturated carbocycles. The summed E-state index contributed by atoms with van der Waals surface area (Å²) in [5.41, 5.74) is 0. The third-order valence-corrected chi connectivity index (χ3v) is 6.97. The van der Waals surface area contributed by atoms with E-state index < -0.39 is 10.0 Å². The molecule has 3 heterocycles. The van der Waals surface area contributed by atoms with Gasteiger partial charge in [0, 0.05) is 31.4 Å². The Balaban J connectivity index is 1.69. The summed E-state index contributed by atoms with van der Waals surface area (Å²) in [7, 11) is -3.43. The van der Waals surface area contributed by atoms with Crippen molar-refractivity contribution >= 4 is 21.4 Å². The molecule has 0 aromatic carbocycles. The van der Waals surface area contributed by atoms with Crippen molar-refractivity contribution in [1.29, 1.82) is 0 Å². The van der Waals surface area contributed by atoms with Crippen LogP contribution in [-0.4, -0.2) is 41.0 Å². The Labute approximate surface area is 134 Å². The number of hydrogen-bond donors (Lipinski definition) is 0. The molecule has 2 aromatic heterocycles. The van der Waals surface area contributed by atoms with Crippen LogP contribution < -0.4 is 0 Å². The monoisotopic (exact) mass is 338 g/mol. The molecule has 1 aliphatic rings. The van der Waals surface area contributed by atoms with Gasteiger partial charge in [0.05, 0.1) is 0 Å². The van der Waals surface area contributed by atoms with Gasteiger partial charge < -0.3 is 0 Å². The molecule has 2 aromatic rings. The van der Waals surface area contributed by atoms with Gasteiger partial charge >= 0.3 is 0 Å². The lowest BCUT2D eigenvalue weighted by Gasteiger charge is -2.29. The molecule has 22 heavy (non-hydrogen) atoms. The highest BCUT2D eigenvalue weighted by Gasteiger charge is 2.31. The Kier molecular flexibility index (Phi) is 4.51. The van der Waals surface area contributed by atoms with Gasteiger partial charge in [-0.15, -0.1) is 21.5 Å². The highest BCUT2D eigenvalue weighted by Crippen LogP contribution is 2.32. The van der Waals surface area contributed by atoms with Crippen LogP contribution in [0.4, 0.5) is 0 Å². The molecule has 0 spiro atoms. The summed E-state index contributed by atoms with van der Waals surface area (Å²) < 4.78 is 26.6. The molecule has 1 fully saturated rings. The molecule has 1 saturated heterocycles. The van der Waals surface area contributed by atoms with Gasteiger partial charge in [0.2, 0.25) is 10.0 Å². The van der Waals surface area contributed by atoms with Crippen molar-refractivity contribution in [3.05, 3.63) is 34.5 Å². The lowest BCUT2D eigenvalue weighted by molar-refractivity contribution is 0.318. The zero-order chi connectivity index (χ0) is 15.6. The van der Waals surface area contributed by atoms with Crippen LogP contribution in [-0.2, 0) is 16.4 Å². The normalized spacial score (nSPS) is 17.7. The van der Waals surface area contributed by atoms with Crippen molar-refractivity contribution in [3.8, 4) is 0 Å². The van der Waals surface area contributed by atoms with Gasteiger partial charge in [-0.2, -0.15) is 4.31 Å². The van der Waals surface area contributed by atoms with Gasteiger partial charge in [-0.3, -0.25) is 4.98 Å². The fourth-order valence-electron chi connectivity index (χ4n) is 2.57. The Morgan fingerprint density at radius 3 is 2.68 bits per heavy atom. The zero-order valence-electron chi connectivity index (χ0n) is 12.3. The van der Waals surface area contributed by atoms with E-state index in [0.29, 0.717) is 19.0 Å². The Morgan fingerprint density at radius 1 is 1.32 bits per heavy atom. The van der Waals surface area contributed by atoms with Gasteiger partial charge in [0.1, 0.15) is 14.9 Å². The molecule has 0 aliphatic carbocycles. The smallest absolute Gasteiger partial charge is 0.244 e. The van der Waals surface area contributed by atoms with Crippen LogP contribution >= 0.6 is 11.3 Å². The molecule has 118 valence electrons. The second-order valence-corrected chi connectivity index (χ2v) is 8.29. The van der Waals surface area contributed by atoms with Crippen molar-refractivity contribution < 1.29 is 8.42 Å². The first kappa shape index (κ1) is 15.5. The van der Waals surface area contributed by atoms with E-state index in [1.807, 2.05) is 0 Å². The first-order valence-electron chi connectivity index (χ1n) is 7.33. The van der Waals surface area contributed by atoms with Gasteiger partial charge in [0.15, 0.2) is 0 Å². The van der Waals surface area contributed by atoms with Crippen LogP contribution in [0.25, 0.3) is 0 Å². The van der Waals surface area contributed by atoms with E-state index in [1.54, 1.807) is 34.0 Å². The molecule has 0 N–H and O–H groups in total. The van der Waals surface area contributed by atoms with Crippen molar-refractivity contribution in [2.75, 3.05) is 13.1 Å². The quantitative estimate of drug-likeness (QED) is 0.853. The number of pyridine rings is 1. The second-order valence-electron chi connectivity index (χ2n) is 5.25. The predicted molar refractivity (Wildman–Crippen MR) is 84.3 cm³/mol. The molecule has 1 aliphatic heterocycles. The summed E-state index contributed by atoms with van der Waals surface area (Å²) in [6.07, 6.45) is 5.45. The summed E-state index contributed by atoms with van der Waals surface area (Å²) >= 11 is 1.64. The van der Waals surface area contributed by atoms with Crippen LogP contribution in [0.5, 0.6) is 0 Å². The lowest BCUT2D eigenvalue weighted by Crippen LogP contribution is -2.37. The Hall–Kier alpha value is -1.38. The van der Waals surface area contributed by atoms with Gasteiger partial charge in [-0.25, -0.2) is 8.42 Å². The number of aromatic nitrogens is 3. The molecule has 8 heteroatoms. The van der Waals surface area contributed by atoms with E-state index in [4.69, 9.17) is 0 Å². The first-order chi connectivity index (χ1) is 10.6. The lowest BCUT2D eigenvalue weighted by atomic mass is 9.99. The standard InChI is InChI=1S/C14H18N4O2S2/c1-2-13-16-17-14(21-13)11-5-8-18(9-6-11)22(19,20)12-4-3-7-15-10-12/h3-4,7,10-11H,2,5-6,8-9H2,1H3. The zero-order valence-corrected chi connectivity index (χ0v) is 14.0. The average Bonchev–Trinajstić information content (AvgIpc) is 3.05. The SMILES string of the molecule is CCc1nnc(C2CCN(S(=O)(=O)c3cccnc3)CC2)s1. The molecule has 6 nitrogen and oxygen atoms in total. The number of nitrogens with zero attached hydrogens (tertiary/aromatic N) is 4. The molecular weight excluding hydrogens is 320 g/mol. The summed E-state index contributed by atoms with van der Waals surface area (Å²) in [6.45, 7) is 3.10. The number of rotatable bonds is 4. The van der Waals surface area contributed by atoms with Crippen LogP contribution in [0.3, 0.4) is 0 Å². The second kappa shape index (κ2) is 6.39. The minimum Gasteiger partial charge on any atom is -0.263 e. The Morgan fingerprint density at radius 2 is 2.09 bits per heavy atom. The van der Waals surface area contributed by atoms with E-state index in [9.17, 15) is 8.42 Å². The van der Waals surface area contributed by atoms with Crippen molar-refractivity contribution in [3.63, 3.8) is 0 Å². The fourth-order valence-corrected chi connectivity index (χ4v) is 4.95.